The normalized spacial score (nSPS) is 15.1. The summed E-state index contributed by atoms with van der Waals surface area (Å²) in [6.07, 6.45) is 3.73. The first-order valence-corrected chi connectivity index (χ1v) is 16.0. The summed E-state index contributed by atoms with van der Waals surface area (Å²) in [7, 11) is 0. The van der Waals surface area contributed by atoms with Crippen molar-refractivity contribution < 1.29 is 9.53 Å². The van der Waals surface area contributed by atoms with Crippen molar-refractivity contribution in [2.75, 3.05) is 0 Å². The summed E-state index contributed by atoms with van der Waals surface area (Å²) in [5, 5.41) is 4.04. The van der Waals surface area contributed by atoms with Gasteiger partial charge in [0, 0.05) is 34.2 Å². The number of fused-ring (bicyclic) bond motifs is 3. The van der Waals surface area contributed by atoms with Crippen LogP contribution in [0.4, 0.5) is 0 Å². The molecule has 0 N–H and O–H groups in total. The Balaban J connectivity index is 1.37. The van der Waals surface area contributed by atoms with Gasteiger partial charge in [-0.1, -0.05) is 95.7 Å². The van der Waals surface area contributed by atoms with E-state index in [1.54, 1.807) is 37.5 Å². The minimum atomic E-state index is -0.695. The first kappa shape index (κ1) is 29.0. The van der Waals surface area contributed by atoms with E-state index in [4.69, 9.17) is 21.3 Å². The van der Waals surface area contributed by atoms with Crippen molar-refractivity contribution in [3.05, 3.63) is 150 Å². The van der Waals surface area contributed by atoms with E-state index in [1.807, 2.05) is 30.3 Å². The van der Waals surface area contributed by atoms with Crippen LogP contribution in [0.1, 0.15) is 43.5 Å². The molecule has 0 radical (unpaired) electrons. The monoisotopic (exact) mass is 631 g/mol. The fourth-order valence-electron chi connectivity index (χ4n) is 6.10. The molecule has 1 aliphatic heterocycles. The number of rotatable bonds is 6. The maximum atomic E-state index is 14.2. The summed E-state index contributed by atoms with van der Waals surface area (Å²) >= 11 is 7.53. The molecule has 6 aromatic rings. The Bertz CT molecular complexity index is 2320. The highest BCUT2D eigenvalue weighted by Crippen LogP contribution is 2.32. The smallest absolute Gasteiger partial charge is 0.338 e. The van der Waals surface area contributed by atoms with E-state index in [0.29, 0.717) is 32.2 Å². The molecule has 7 rings (SSSR count). The maximum Gasteiger partial charge on any atom is 0.338 e. The van der Waals surface area contributed by atoms with Gasteiger partial charge in [0.05, 0.1) is 27.9 Å². The molecule has 1 aliphatic rings. The number of esters is 1. The lowest BCUT2D eigenvalue weighted by Gasteiger charge is -2.25. The molecule has 45 heavy (non-hydrogen) atoms. The minimum absolute atomic E-state index is 0.216. The van der Waals surface area contributed by atoms with E-state index in [-0.39, 0.29) is 11.7 Å². The third-order valence-electron chi connectivity index (χ3n) is 8.10. The Morgan fingerprint density at radius 2 is 1.69 bits per heavy atom. The zero-order chi connectivity index (χ0) is 31.2. The highest BCUT2D eigenvalue weighted by Gasteiger charge is 2.33. The summed E-state index contributed by atoms with van der Waals surface area (Å²) in [5.41, 5.74) is 4.65. The third kappa shape index (κ3) is 5.32. The van der Waals surface area contributed by atoms with Crippen LogP contribution in [0, 0.1) is 0 Å². The molecule has 2 aromatic heterocycles. The van der Waals surface area contributed by atoms with E-state index in [1.165, 1.54) is 27.7 Å². The third-order valence-corrected chi connectivity index (χ3v) is 9.33. The van der Waals surface area contributed by atoms with Crippen molar-refractivity contribution >= 4 is 56.7 Å². The standard InChI is InChI=1S/C37H30ClN3O3S/c1-22(2)44-36(43)33-23(3)39-37-41(34(33)25-15-17-28(38)18-16-25)35(42)32(45-37)19-27-21-40(31-14-7-6-13-30(27)31)20-26-11-8-10-24-9-4-5-12-29(24)26/h4-19,21-22,34H,20H2,1-3H3/b32-19-/t34-/m1/s1. The van der Waals surface area contributed by atoms with Crippen molar-refractivity contribution in [3.63, 3.8) is 0 Å². The summed E-state index contributed by atoms with van der Waals surface area (Å²) in [4.78, 5) is 32.9. The van der Waals surface area contributed by atoms with Gasteiger partial charge >= 0.3 is 5.97 Å². The Hall–Kier alpha value is -4.72. The van der Waals surface area contributed by atoms with E-state index in [2.05, 4.69) is 65.4 Å². The summed E-state index contributed by atoms with van der Waals surface area (Å²) in [6, 6.07) is 29.5. The Morgan fingerprint density at radius 3 is 2.47 bits per heavy atom. The topological polar surface area (TPSA) is 65.6 Å². The number of carbonyl (C=O) groups is 1. The van der Waals surface area contributed by atoms with Gasteiger partial charge in [-0.2, -0.15) is 0 Å². The molecule has 0 saturated carbocycles. The number of halogens is 1. The second-order valence-electron chi connectivity index (χ2n) is 11.5. The van der Waals surface area contributed by atoms with Gasteiger partial charge in [-0.05, 0) is 66.9 Å². The van der Waals surface area contributed by atoms with Crippen molar-refractivity contribution in [2.45, 2.75) is 39.5 Å². The molecular formula is C37H30ClN3O3S. The predicted octanol–water partition coefficient (Wildman–Crippen LogP) is 7.00. The fraction of sp³-hybridized carbons (Fsp3) is 0.162. The van der Waals surface area contributed by atoms with Crippen LogP contribution in [0.2, 0.25) is 5.02 Å². The highest BCUT2D eigenvalue weighted by atomic mass is 35.5. The van der Waals surface area contributed by atoms with Gasteiger partial charge in [0.25, 0.3) is 5.56 Å². The molecule has 224 valence electrons. The van der Waals surface area contributed by atoms with Crippen LogP contribution in [0.25, 0.3) is 27.8 Å². The number of ether oxygens (including phenoxy) is 1. The van der Waals surface area contributed by atoms with Crippen LogP contribution in [0.15, 0.2) is 118 Å². The largest absolute Gasteiger partial charge is 0.459 e. The van der Waals surface area contributed by atoms with Crippen molar-refractivity contribution in [2.24, 2.45) is 4.99 Å². The summed E-state index contributed by atoms with van der Waals surface area (Å²) in [5.74, 6) is -0.489. The number of hydrogen-bond acceptors (Lipinski definition) is 5. The number of benzene rings is 4. The van der Waals surface area contributed by atoms with Gasteiger partial charge < -0.3 is 9.30 Å². The Kier molecular flexibility index (Phi) is 7.51. The van der Waals surface area contributed by atoms with E-state index < -0.39 is 12.0 Å². The molecule has 4 aromatic carbocycles. The zero-order valence-corrected chi connectivity index (χ0v) is 26.6. The SMILES string of the molecule is CC1=C(C(=O)OC(C)C)[C@@H](c2ccc(Cl)cc2)n2c(s/c(=C\c3cn(Cc4cccc5ccccc45)c4ccccc34)c2=O)=N1. The van der Waals surface area contributed by atoms with E-state index in [9.17, 15) is 9.59 Å². The molecule has 0 spiro atoms. The molecule has 8 heteroatoms. The summed E-state index contributed by atoms with van der Waals surface area (Å²) in [6.45, 7) is 6.08. The van der Waals surface area contributed by atoms with Gasteiger partial charge in [0.2, 0.25) is 0 Å². The van der Waals surface area contributed by atoms with Gasteiger partial charge in [-0.15, -0.1) is 0 Å². The number of nitrogens with zero attached hydrogens (tertiary/aromatic N) is 3. The van der Waals surface area contributed by atoms with Crippen LogP contribution in [-0.2, 0) is 16.1 Å². The van der Waals surface area contributed by atoms with E-state index >= 15 is 0 Å². The number of para-hydroxylation sites is 1. The fourth-order valence-corrected chi connectivity index (χ4v) is 7.26. The molecule has 0 bridgehead atoms. The molecule has 0 fully saturated rings. The van der Waals surface area contributed by atoms with Crippen LogP contribution in [0.3, 0.4) is 0 Å². The molecule has 3 heterocycles. The first-order valence-electron chi connectivity index (χ1n) is 14.8. The van der Waals surface area contributed by atoms with Crippen LogP contribution in [-0.4, -0.2) is 21.2 Å². The van der Waals surface area contributed by atoms with Crippen molar-refractivity contribution in [1.29, 1.82) is 0 Å². The first-order chi connectivity index (χ1) is 21.8. The predicted molar refractivity (Wildman–Crippen MR) is 181 cm³/mol. The number of aromatic nitrogens is 2. The van der Waals surface area contributed by atoms with Crippen LogP contribution >= 0.6 is 22.9 Å². The van der Waals surface area contributed by atoms with Crippen LogP contribution in [0.5, 0.6) is 0 Å². The Labute approximate surface area is 268 Å². The molecule has 0 unspecified atom stereocenters. The second kappa shape index (κ2) is 11.7. The molecule has 0 amide bonds. The quantitative estimate of drug-likeness (QED) is 0.186. The average Bonchev–Trinajstić information content (AvgIpc) is 3.52. The maximum absolute atomic E-state index is 14.2. The Morgan fingerprint density at radius 1 is 0.978 bits per heavy atom. The number of allylic oxidation sites excluding steroid dienone is 1. The van der Waals surface area contributed by atoms with E-state index in [0.717, 1.165) is 22.0 Å². The highest BCUT2D eigenvalue weighted by molar-refractivity contribution is 7.07. The molecule has 1 atom stereocenters. The van der Waals surface area contributed by atoms with Gasteiger partial charge in [0.1, 0.15) is 0 Å². The summed E-state index contributed by atoms with van der Waals surface area (Å²) < 4.78 is 10.00. The molecule has 6 nitrogen and oxygen atoms in total. The molecule has 0 aliphatic carbocycles. The number of hydrogen-bond donors (Lipinski definition) is 0. The van der Waals surface area contributed by atoms with Gasteiger partial charge in [-0.25, -0.2) is 9.79 Å². The number of carbonyl (C=O) groups excluding carboxylic acids is 1. The lowest BCUT2D eigenvalue weighted by atomic mass is 9.96. The minimum Gasteiger partial charge on any atom is -0.459 e. The average molecular weight is 632 g/mol. The lowest BCUT2D eigenvalue weighted by molar-refractivity contribution is -0.143. The number of thiazole rings is 1. The van der Waals surface area contributed by atoms with Crippen molar-refractivity contribution in [3.8, 4) is 0 Å². The van der Waals surface area contributed by atoms with Crippen molar-refractivity contribution in [1.82, 2.24) is 9.13 Å². The molecular weight excluding hydrogens is 602 g/mol. The van der Waals surface area contributed by atoms with Gasteiger partial charge in [-0.3, -0.25) is 9.36 Å². The lowest BCUT2D eigenvalue weighted by Crippen LogP contribution is -2.40. The van der Waals surface area contributed by atoms with Crippen LogP contribution < -0.4 is 14.9 Å². The molecule has 0 saturated heterocycles. The van der Waals surface area contributed by atoms with Gasteiger partial charge in [0.15, 0.2) is 4.80 Å². The zero-order valence-electron chi connectivity index (χ0n) is 25.0. The second-order valence-corrected chi connectivity index (χ2v) is 12.9.